The van der Waals surface area contributed by atoms with Crippen molar-refractivity contribution < 1.29 is 14.3 Å². The van der Waals surface area contributed by atoms with Crippen molar-refractivity contribution in [2.75, 3.05) is 51.3 Å². The number of carbonyl (C=O) groups is 2. The number of rotatable bonds is 3. The fraction of sp³-hybridized carbons (Fsp3) is 0.579. The van der Waals surface area contributed by atoms with Gasteiger partial charge in [-0.15, -0.1) is 0 Å². The minimum atomic E-state index is -0.322. The molecule has 0 aliphatic carbocycles. The standard InChI is InChI=1S/C19H26N4O3/c1-26-17-5-3-2-4-15(17)21-8-6-14(7-9-21)22-10-11-23-16(13-22)19(25)20-12-18(23)24/h2-5,14,16H,6-13H2,1H3,(H,20,25)/t16-/m0/s1. The summed E-state index contributed by atoms with van der Waals surface area (Å²) in [5, 5.41) is 2.72. The van der Waals surface area contributed by atoms with Gasteiger partial charge in [0, 0.05) is 38.8 Å². The Labute approximate surface area is 153 Å². The molecule has 0 spiro atoms. The number of carbonyl (C=O) groups excluding carboxylic acids is 2. The SMILES string of the molecule is COc1ccccc1N1CCC(N2CCN3C(=O)CNC(=O)[C@@H]3C2)CC1. The molecule has 0 aromatic heterocycles. The smallest absolute Gasteiger partial charge is 0.244 e. The Bertz CT molecular complexity index is 687. The Hall–Kier alpha value is -2.28. The number of piperidine rings is 1. The van der Waals surface area contributed by atoms with Crippen LogP contribution in [-0.4, -0.2) is 80.1 Å². The maximum Gasteiger partial charge on any atom is 0.244 e. The van der Waals surface area contributed by atoms with Crippen LogP contribution in [0.25, 0.3) is 0 Å². The van der Waals surface area contributed by atoms with E-state index in [0.717, 1.165) is 43.9 Å². The minimum absolute atomic E-state index is 0.0132. The molecule has 26 heavy (non-hydrogen) atoms. The molecule has 140 valence electrons. The molecule has 0 bridgehead atoms. The van der Waals surface area contributed by atoms with E-state index in [1.807, 2.05) is 18.2 Å². The van der Waals surface area contributed by atoms with Gasteiger partial charge in [0.05, 0.1) is 19.3 Å². The van der Waals surface area contributed by atoms with Gasteiger partial charge in [0.2, 0.25) is 11.8 Å². The largest absolute Gasteiger partial charge is 0.495 e. The van der Waals surface area contributed by atoms with Crippen LogP contribution in [0.5, 0.6) is 5.75 Å². The van der Waals surface area contributed by atoms with Crippen LogP contribution in [0, 0.1) is 0 Å². The van der Waals surface area contributed by atoms with Crippen molar-refractivity contribution in [1.82, 2.24) is 15.1 Å². The van der Waals surface area contributed by atoms with Crippen molar-refractivity contribution in [2.24, 2.45) is 0 Å². The lowest BCUT2D eigenvalue weighted by Crippen LogP contribution is -2.67. The number of nitrogens with zero attached hydrogens (tertiary/aromatic N) is 3. The first kappa shape index (κ1) is 17.1. The number of fused-ring (bicyclic) bond motifs is 1. The molecular weight excluding hydrogens is 332 g/mol. The Morgan fingerprint density at radius 2 is 1.85 bits per heavy atom. The Morgan fingerprint density at radius 1 is 1.08 bits per heavy atom. The average Bonchev–Trinajstić information content (AvgIpc) is 2.71. The van der Waals surface area contributed by atoms with E-state index in [-0.39, 0.29) is 24.4 Å². The number of para-hydroxylation sites is 2. The Kier molecular flexibility index (Phi) is 4.72. The third-order valence-electron chi connectivity index (χ3n) is 5.86. The lowest BCUT2D eigenvalue weighted by atomic mass is 9.99. The van der Waals surface area contributed by atoms with Gasteiger partial charge in [-0.1, -0.05) is 12.1 Å². The van der Waals surface area contributed by atoms with Gasteiger partial charge >= 0.3 is 0 Å². The van der Waals surface area contributed by atoms with Gasteiger partial charge in [0.15, 0.2) is 0 Å². The predicted molar refractivity (Wildman–Crippen MR) is 98.3 cm³/mol. The van der Waals surface area contributed by atoms with E-state index >= 15 is 0 Å². The summed E-state index contributed by atoms with van der Waals surface area (Å²) < 4.78 is 5.49. The predicted octanol–water partition coefficient (Wildman–Crippen LogP) is 0.307. The third kappa shape index (κ3) is 3.11. The van der Waals surface area contributed by atoms with E-state index in [9.17, 15) is 9.59 Å². The van der Waals surface area contributed by atoms with Gasteiger partial charge in [-0.2, -0.15) is 0 Å². The fourth-order valence-electron chi connectivity index (χ4n) is 4.40. The summed E-state index contributed by atoms with van der Waals surface area (Å²) in [7, 11) is 1.71. The van der Waals surface area contributed by atoms with Crippen LogP contribution in [0.4, 0.5) is 5.69 Å². The van der Waals surface area contributed by atoms with E-state index < -0.39 is 0 Å². The molecule has 0 unspecified atom stereocenters. The molecule has 0 radical (unpaired) electrons. The normalized spacial score (nSPS) is 25.0. The van der Waals surface area contributed by atoms with Gasteiger partial charge in [-0.3, -0.25) is 14.5 Å². The van der Waals surface area contributed by atoms with Crippen LogP contribution in [0.3, 0.4) is 0 Å². The summed E-state index contributed by atoms with van der Waals surface area (Å²) >= 11 is 0. The average molecular weight is 358 g/mol. The Balaban J connectivity index is 1.38. The maximum atomic E-state index is 12.2. The highest BCUT2D eigenvalue weighted by Crippen LogP contribution is 2.31. The molecule has 3 heterocycles. The number of ether oxygens (including phenoxy) is 1. The molecule has 3 aliphatic rings. The first-order chi connectivity index (χ1) is 12.7. The number of methoxy groups -OCH3 is 1. The molecule has 1 aromatic carbocycles. The maximum absolute atomic E-state index is 12.2. The first-order valence-corrected chi connectivity index (χ1v) is 9.36. The van der Waals surface area contributed by atoms with E-state index in [4.69, 9.17) is 4.74 Å². The van der Waals surface area contributed by atoms with Crippen LogP contribution in [0.15, 0.2) is 24.3 Å². The van der Waals surface area contributed by atoms with Gasteiger partial charge in [0.1, 0.15) is 11.8 Å². The Morgan fingerprint density at radius 3 is 2.62 bits per heavy atom. The van der Waals surface area contributed by atoms with Crippen LogP contribution < -0.4 is 15.0 Å². The second kappa shape index (κ2) is 7.15. The third-order valence-corrected chi connectivity index (χ3v) is 5.86. The summed E-state index contributed by atoms with van der Waals surface area (Å²) in [4.78, 5) is 30.7. The van der Waals surface area contributed by atoms with Crippen LogP contribution in [0.1, 0.15) is 12.8 Å². The minimum Gasteiger partial charge on any atom is -0.495 e. The molecule has 7 nitrogen and oxygen atoms in total. The number of hydrogen-bond acceptors (Lipinski definition) is 5. The summed E-state index contributed by atoms with van der Waals surface area (Å²) in [6, 6.07) is 8.28. The highest BCUT2D eigenvalue weighted by atomic mass is 16.5. The van der Waals surface area contributed by atoms with Gasteiger partial charge in [-0.25, -0.2) is 0 Å². The molecule has 1 N–H and O–H groups in total. The molecule has 0 saturated carbocycles. The second-order valence-corrected chi connectivity index (χ2v) is 7.21. The second-order valence-electron chi connectivity index (χ2n) is 7.21. The lowest BCUT2D eigenvalue weighted by Gasteiger charge is -2.47. The molecule has 7 heteroatoms. The van der Waals surface area contributed by atoms with Crippen molar-refractivity contribution in [3.8, 4) is 5.75 Å². The quantitative estimate of drug-likeness (QED) is 0.842. The number of anilines is 1. The number of benzene rings is 1. The van der Waals surface area contributed by atoms with E-state index in [1.54, 1.807) is 12.0 Å². The van der Waals surface area contributed by atoms with E-state index in [2.05, 4.69) is 21.2 Å². The molecule has 1 aromatic rings. The zero-order chi connectivity index (χ0) is 18.1. The molecule has 3 fully saturated rings. The molecular formula is C19H26N4O3. The zero-order valence-electron chi connectivity index (χ0n) is 15.2. The molecule has 3 saturated heterocycles. The van der Waals surface area contributed by atoms with Crippen LogP contribution >= 0.6 is 0 Å². The highest BCUT2D eigenvalue weighted by Gasteiger charge is 2.40. The number of amides is 2. The van der Waals surface area contributed by atoms with Crippen molar-refractivity contribution >= 4 is 17.5 Å². The molecule has 4 rings (SSSR count). The van der Waals surface area contributed by atoms with E-state index in [1.165, 1.54) is 0 Å². The summed E-state index contributed by atoms with van der Waals surface area (Å²) in [6.45, 7) is 4.25. The number of hydrogen-bond donors (Lipinski definition) is 1. The highest BCUT2D eigenvalue weighted by molar-refractivity contribution is 5.95. The van der Waals surface area contributed by atoms with Crippen molar-refractivity contribution in [3.63, 3.8) is 0 Å². The first-order valence-electron chi connectivity index (χ1n) is 9.36. The van der Waals surface area contributed by atoms with Crippen molar-refractivity contribution in [2.45, 2.75) is 24.9 Å². The van der Waals surface area contributed by atoms with Crippen LogP contribution in [0.2, 0.25) is 0 Å². The zero-order valence-corrected chi connectivity index (χ0v) is 15.2. The summed E-state index contributed by atoms with van der Waals surface area (Å²) in [5.74, 6) is 0.943. The fourth-order valence-corrected chi connectivity index (χ4v) is 4.40. The topological polar surface area (TPSA) is 65.1 Å². The van der Waals surface area contributed by atoms with Crippen molar-refractivity contribution in [3.05, 3.63) is 24.3 Å². The van der Waals surface area contributed by atoms with Gasteiger partial charge in [0.25, 0.3) is 0 Å². The summed E-state index contributed by atoms with van der Waals surface area (Å²) in [6.07, 6.45) is 2.11. The monoisotopic (exact) mass is 358 g/mol. The molecule has 2 amide bonds. The van der Waals surface area contributed by atoms with Crippen molar-refractivity contribution in [1.29, 1.82) is 0 Å². The van der Waals surface area contributed by atoms with E-state index in [0.29, 0.717) is 19.1 Å². The number of nitrogens with one attached hydrogen (secondary N) is 1. The number of piperazine rings is 2. The molecule has 3 aliphatic heterocycles. The van der Waals surface area contributed by atoms with Gasteiger partial charge < -0.3 is 19.9 Å². The van der Waals surface area contributed by atoms with Crippen LogP contribution in [-0.2, 0) is 9.59 Å². The van der Waals surface area contributed by atoms with Gasteiger partial charge in [-0.05, 0) is 25.0 Å². The summed E-state index contributed by atoms with van der Waals surface area (Å²) in [5.41, 5.74) is 1.15. The lowest BCUT2D eigenvalue weighted by molar-refractivity contribution is -0.149. The molecule has 1 atom stereocenters.